The number of halogens is 1. The van der Waals surface area contributed by atoms with Gasteiger partial charge in [0.25, 0.3) is 0 Å². The number of carbonyl (C=O) groups is 2. The zero-order valence-electron chi connectivity index (χ0n) is 14.6. The lowest BCUT2D eigenvalue weighted by Crippen LogP contribution is -2.29. The number of anilines is 1. The average molecular weight is 357 g/mol. The molecule has 2 rings (SSSR count). The molecule has 1 aromatic rings. The lowest BCUT2D eigenvalue weighted by atomic mass is 9.96. The Morgan fingerprint density at radius 3 is 2.71 bits per heavy atom. The lowest BCUT2D eigenvalue weighted by molar-refractivity contribution is -0.140. The summed E-state index contributed by atoms with van der Waals surface area (Å²) in [6.45, 7) is 3.33. The van der Waals surface area contributed by atoms with Gasteiger partial charge in [0.15, 0.2) is 0 Å². The summed E-state index contributed by atoms with van der Waals surface area (Å²) in [5.74, 6) is 0.640. The fourth-order valence-corrected chi connectivity index (χ4v) is 2.74. The zero-order valence-corrected chi connectivity index (χ0v) is 15.4. The van der Waals surface area contributed by atoms with Gasteiger partial charge in [0.2, 0.25) is 0 Å². The number of methoxy groups -OCH3 is 1. The molecule has 1 aromatic carbocycles. The molecule has 0 saturated heterocycles. The summed E-state index contributed by atoms with van der Waals surface area (Å²) in [6.07, 6.45) is 0.795. The van der Waals surface area contributed by atoms with Crippen molar-refractivity contribution in [2.75, 3.05) is 39.2 Å². The fraction of sp³-hybridized carbons (Fsp3) is 0.529. The fourth-order valence-electron chi connectivity index (χ4n) is 2.74. The normalized spacial score (nSPS) is 15.3. The maximum absolute atomic E-state index is 11.8. The highest BCUT2D eigenvalue weighted by atomic mass is 35.5. The molecule has 24 heavy (non-hydrogen) atoms. The molecule has 6 nitrogen and oxygen atoms in total. The van der Waals surface area contributed by atoms with Gasteiger partial charge < -0.3 is 19.3 Å². The smallest absolute Gasteiger partial charge is 0.414 e. The molecule has 0 radical (unpaired) electrons. The molecule has 0 aliphatic carbocycles. The van der Waals surface area contributed by atoms with Crippen LogP contribution in [-0.2, 0) is 9.53 Å². The van der Waals surface area contributed by atoms with Crippen molar-refractivity contribution in [1.29, 1.82) is 0 Å². The van der Waals surface area contributed by atoms with E-state index in [2.05, 4.69) is 4.90 Å². The number of nitrogens with zero attached hydrogens (tertiary/aromatic N) is 2. The third kappa shape index (κ3) is 4.54. The molecule has 0 N–H and O–H groups in total. The van der Waals surface area contributed by atoms with E-state index in [4.69, 9.17) is 9.47 Å². The summed E-state index contributed by atoms with van der Waals surface area (Å²) >= 11 is 0. The minimum Gasteiger partial charge on any atom is -0.469 e. The molecule has 0 spiro atoms. The van der Waals surface area contributed by atoms with Crippen molar-refractivity contribution >= 4 is 30.2 Å². The van der Waals surface area contributed by atoms with Crippen LogP contribution in [0.3, 0.4) is 0 Å². The first kappa shape index (κ1) is 20.1. The van der Waals surface area contributed by atoms with Crippen LogP contribution in [0.5, 0.6) is 5.75 Å². The second kappa shape index (κ2) is 8.78. The Kier molecular flexibility index (Phi) is 7.35. The molecule has 7 heteroatoms. The van der Waals surface area contributed by atoms with Crippen molar-refractivity contribution in [3.63, 3.8) is 0 Å². The van der Waals surface area contributed by atoms with E-state index in [0.29, 0.717) is 18.7 Å². The van der Waals surface area contributed by atoms with E-state index in [0.717, 1.165) is 18.7 Å². The summed E-state index contributed by atoms with van der Waals surface area (Å²) in [4.78, 5) is 26.8. The predicted molar refractivity (Wildman–Crippen MR) is 95.3 cm³/mol. The van der Waals surface area contributed by atoms with E-state index in [1.807, 2.05) is 32.2 Å². The Bertz CT molecular complexity index is 594. The maximum atomic E-state index is 11.8. The van der Waals surface area contributed by atoms with Gasteiger partial charge in [0.05, 0.1) is 7.11 Å². The van der Waals surface area contributed by atoms with E-state index in [1.165, 1.54) is 17.6 Å². The topological polar surface area (TPSA) is 59.1 Å². The summed E-state index contributed by atoms with van der Waals surface area (Å²) in [6, 6.07) is 5.68. The summed E-state index contributed by atoms with van der Waals surface area (Å²) in [7, 11) is 5.11. The van der Waals surface area contributed by atoms with Gasteiger partial charge in [-0.2, -0.15) is 0 Å². The van der Waals surface area contributed by atoms with Crippen LogP contribution < -0.4 is 9.64 Å². The quantitative estimate of drug-likeness (QED) is 0.759. The maximum Gasteiger partial charge on any atom is 0.414 e. The number of ether oxygens (including phenoxy) is 2. The highest BCUT2D eigenvalue weighted by Gasteiger charge is 2.27. The molecule has 0 aromatic heterocycles. The third-order valence-electron chi connectivity index (χ3n) is 4.26. The molecule has 1 aliphatic rings. The molecular weight excluding hydrogens is 332 g/mol. The first-order valence-electron chi connectivity index (χ1n) is 7.81. The van der Waals surface area contributed by atoms with Crippen molar-refractivity contribution in [1.82, 2.24) is 4.90 Å². The number of fused-ring (bicyclic) bond motifs is 1. The highest BCUT2D eigenvalue weighted by molar-refractivity contribution is 5.85. The summed E-state index contributed by atoms with van der Waals surface area (Å²) in [5, 5.41) is 0. The summed E-state index contributed by atoms with van der Waals surface area (Å²) < 4.78 is 10.1. The molecular formula is C17H25ClN2O4. The Morgan fingerprint density at radius 2 is 2.08 bits per heavy atom. The van der Waals surface area contributed by atoms with Crippen LogP contribution in [0.2, 0.25) is 0 Å². The number of carbonyl (C=O) groups excluding carboxylic acids is 2. The van der Waals surface area contributed by atoms with Gasteiger partial charge >= 0.3 is 12.1 Å². The van der Waals surface area contributed by atoms with Crippen LogP contribution in [-0.4, -0.2) is 51.3 Å². The molecule has 1 atom stereocenters. The molecule has 1 unspecified atom stereocenters. The van der Waals surface area contributed by atoms with Crippen molar-refractivity contribution in [2.45, 2.75) is 25.7 Å². The monoisotopic (exact) mass is 356 g/mol. The number of rotatable bonds is 5. The second-order valence-corrected chi connectivity index (χ2v) is 5.80. The van der Waals surface area contributed by atoms with E-state index in [9.17, 15) is 9.59 Å². The number of hydrogen-bond donors (Lipinski definition) is 0. The van der Waals surface area contributed by atoms with Crippen LogP contribution >= 0.6 is 12.4 Å². The predicted octanol–water partition coefficient (Wildman–Crippen LogP) is 3.05. The number of benzene rings is 1. The minimum absolute atomic E-state index is 0. The van der Waals surface area contributed by atoms with Crippen LogP contribution in [0, 0.1) is 0 Å². The van der Waals surface area contributed by atoms with Crippen molar-refractivity contribution in [3.05, 3.63) is 23.8 Å². The van der Waals surface area contributed by atoms with Gasteiger partial charge in [-0.1, -0.05) is 6.07 Å². The number of amides is 1. The van der Waals surface area contributed by atoms with Crippen LogP contribution in [0.1, 0.15) is 31.2 Å². The van der Waals surface area contributed by atoms with Crippen LogP contribution in [0.15, 0.2) is 18.2 Å². The van der Waals surface area contributed by atoms with Gasteiger partial charge in [0.1, 0.15) is 5.75 Å². The van der Waals surface area contributed by atoms with Gasteiger partial charge in [-0.3, -0.25) is 4.79 Å². The van der Waals surface area contributed by atoms with Gasteiger partial charge in [0, 0.05) is 51.3 Å². The first-order chi connectivity index (χ1) is 11.0. The average Bonchev–Trinajstić information content (AvgIpc) is 2.87. The highest BCUT2D eigenvalue weighted by Crippen LogP contribution is 2.40. The Morgan fingerprint density at radius 1 is 1.38 bits per heavy atom. The lowest BCUT2D eigenvalue weighted by Gasteiger charge is -2.16. The van der Waals surface area contributed by atoms with Crippen molar-refractivity contribution in [3.8, 4) is 5.75 Å². The Hall–Kier alpha value is -1.95. The molecule has 0 saturated carbocycles. The van der Waals surface area contributed by atoms with E-state index in [-0.39, 0.29) is 30.4 Å². The zero-order chi connectivity index (χ0) is 17.0. The van der Waals surface area contributed by atoms with Crippen molar-refractivity contribution in [2.24, 2.45) is 0 Å². The van der Waals surface area contributed by atoms with E-state index in [1.54, 1.807) is 7.05 Å². The molecule has 1 amide bonds. The minimum atomic E-state index is -0.365. The van der Waals surface area contributed by atoms with E-state index < -0.39 is 0 Å². The molecule has 0 fully saturated rings. The molecule has 0 bridgehead atoms. The standard InChI is InChI=1S/C17H24N2O4.ClH/c1-5-18(2)17(21)23-13-7-8-14-12(6-9-16(20)22-4)11-19(3)15(14)10-13;/h7-8,10,12H,5-6,9,11H2,1-4H3;1H. The number of hydrogen-bond acceptors (Lipinski definition) is 5. The van der Waals surface area contributed by atoms with Gasteiger partial charge in [-0.05, 0) is 25.0 Å². The van der Waals surface area contributed by atoms with Gasteiger partial charge in [-0.15, -0.1) is 12.4 Å². The third-order valence-corrected chi connectivity index (χ3v) is 4.26. The number of esters is 1. The van der Waals surface area contributed by atoms with Crippen LogP contribution in [0.4, 0.5) is 10.5 Å². The largest absolute Gasteiger partial charge is 0.469 e. The molecule has 1 aliphatic heterocycles. The first-order valence-corrected chi connectivity index (χ1v) is 7.81. The SMILES string of the molecule is CCN(C)C(=O)Oc1ccc2c(c1)N(C)CC2CCC(=O)OC.Cl. The van der Waals surface area contributed by atoms with E-state index >= 15 is 0 Å². The van der Waals surface area contributed by atoms with Gasteiger partial charge in [-0.25, -0.2) is 4.79 Å². The second-order valence-electron chi connectivity index (χ2n) is 5.80. The van der Waals surface area contributed by atoms with Crippen LogP contribution in [0.25, 0.3) is 0 Å². The Balaban J connectivity index is 0.00000288. The molecule has 134 valence electrons. The summed E-state index contributed by atoms with van der Waals surface area (Å²) in [5.41, 5.74) is 2.23. The molecule has 1 heterocycles. The Labute approximate surface area is 149 Å². The van der Waals surface area contributed by atoms with Crippen molar-refractivity contribution < 1.29 is 19.1 Å². The number of likely N-dealkylation sites (N-methyl/N-ethyl adjacent to an activating group) is 1.